The molecule has 0 spiro atoms. The van der Waals surface area contributed by atoms with E-state index in [4.69, 9.17) is 12.2 Å². The number of carbonyl (C=O) groups excluding carboxylic acids is 1. The van der Waals surface area contributed by atoms with E-state index in [-0.39, 0.29) is 17.9 Å². The molecular weight excluding hydrogens is 337 g/mol. The van der Waals surface area contributed by atoms with Crippen LogP contribution in [0.2, 0.25) is 0 Å². The highest BCUT2D eigenvalue weighted by Crippen LogP contribution is 2.39. The summed E-state index contributed by atoms with van der Waals surface area (Å²) in [5, 5.41) is 19.4. The summed E-state index contributed by atoms with van der Waals surface area (Å²) in [6, 6.07) is -0.129. The first-order chi connectivity index (χ1) is 11.0. The van der Waals surface area contributed by atoms with Crippen LogP contribution in [0.15, 0.2) is 11.0 Å². The molecule has 0 aromatic carbocycles. The molecule has 5 atom stereocenters. The van der Waals surface area contributed by atoms with Gasteiger partial charge in [-0.25, -0.2) is 4.39 Å². The fourth-order valence-electron chi connectivity index (χ4n) is 3.68. The van der Waals surface area contributed by atoms with E-state index in [1.165, 1.54) is 11.8 Å². The van der Waals surface area contributed by atoms with Crippen molar-refractivity contribution in [2.24, 2.45) is 5.92 Å². The van der Waals surface area contributed by atoms with Gasteiger partial charge in [0.25, 0.3) is 5.91 Å². The van der Waals surface area contributed by atoms with E-state index in [0.29, 0.717) is 34.9 Å². The third kappa shape index (κ3) is 3.78. The molecule has 1 heterocycles. The molecule has 0 bridgehead atoms. The SMILES string of the molecule is O=C1/C(=C/C2CCC(O)C(O)C2)SC(=S)N1C1CCCC(F)C1. The molecule has 2 aliphatic carbocycles. The highest BCUT2D eigenvalue weighted by Gasteiger charge is 2.40. The molecule has 7 heteroatoms. The monoisotopic (exact) mass is 359 g/mol. The third-order valence-electron chi connectivity index (χ3n) is 4.98. The molecule has 1 amide bonds. The average molecular weight is 359 g/mol. The molecule has 1 saturated heterocycles. The van der Waals surface area contributed by atoms with E-state index in [1.54, 1.807) is 4.90 Å². The van der Waals surface area contributed by atoms with E-state index in [1.807, 2.05) is 6.08 Å². The number of thioether (sulfide) groups is 1. The number of hydrogen-bond donors (Lipinski definition) is 2. The minimum absolute atomic E-state index is 0.0721. The first-order valence-electron chi connectivity index (χ1n) is 8.23. The molecule has 1 aliphatic heterocycles. The molecule has 0 aromatic heterocycles. The first-order valence-corrected chi connectivity index (χ1v) is 9.45. The number of hydrogen-bond acceptors (Lipinski definition) is 5. The van der Waals surface area contributed by atoms with Gasteiger partial charge in [0, 0.05) is 6.04 Å². The Balaban J connectivity index is 1.69. The zero-order chi connectivity index (χ0) is 16.6. The van der Waals surface area contributed by atoms with E-state index in [0.717, 1.165) is 19.3 Å². The number of allylic oxidation sites excluding steroid dienone is 1. The van der Waals surface area contributed by atoms with Gasteiger partial charge in [-0.05, 0) is 50.9 Å². The van der Waals surface area contributed by atoms with Gasteiger partial charge in [-0.1, -0.05) is 30.1 Å². The van der Waals surface area contributed by atoms with Gasteiger partial charge in [0.2, 0.25) is 0 Å². The average Bonchev–Trinajstić information content (AvgIpc) is 2.77. The van der Waals surface area contributed by atoms with Crippen molar-refractivity contribution in [2.75, 3.05) is 0 Å². The summed E-state index contributed by atoms with van der Waals surface area (Å²) in [5.74, 6) is -0.0532. The Bertz CT molecular complexity index is 527. The molecule has 23 heavy (non-hydrogen) atoms. The van der Waals surface area contributed by atoms with E-state index in [9.17, 15) is 19.4 Å². The van der Waals surface area contributed by atoms with Gasteiger partial charge in [0.1, 0.15) is 10.5 Å². The number of rotatable bonds is 2. The van der Waals surface area contributed by atoms with Crippen molar-refractivity contribution >= 4 is 34.2 Å². The predicted octanol–water partition coefficient (Wildman–Crippen LogP) is 2.53. The minimum atomic E-state index is -0.850. The van der Waals surface area contributed by atoms with Crippen LogP contribution in [0.5, 0.6) is 0 Å². The number of thiocarbonyl (C=S) groups is 1. The van der Waals surface area contributed by atoms with Crippen LogP contribution in [-0.2, 0) is 4.79 Å². The highest BCUT2D eigenvalue weighted by molar-refractivity contribution is 8.26. The maximum Gasteiger partial charge on any atom is 0.266 e. The van der Waals surface area contributed by atoms with Gasteiger partial charge in [-0.15, -0.1) is 0 Å². The molecule has 3 fully saturated rings. The van der Waals surface area contributed by atoms with Crippen molar-refractivity contribution in [3.8, 4) is 0 Å². The van der Waals surface area contributed by atoms with Crippen molar-refractivity contribution in [2.45, 2.75) is 69.4 Å². The zero-order valence-corrected chi connectivity index (χ0v) is 14.5. The second-order valence-electron chi connectivity index (χ2n) is 6.70. The minimum Gasteiger partial charge on any atom is -0.390 e. The number of amides is 1. The maximum absolute atomic E-state index is 13.6. The topological polar surface area (TPSA) is 60.8 Å². The predicted molar refractivity (Wildman–Crippen MR) is 91.6 cm³/mol. The second-order valence-corrected chi connectivity index (χ2v) is 8.38. The summed E-state index contributed by atoms with van der Waals surface area (Å²) >= 11 is 6.61. The fourth-order valence-corrected chi connectivity index (χ4v) is 5.14. The van der Waals surface area contributed by atoms with Crippen LogP contribution >= 0.6 is 24.0 Å². The van der Waals surface area contributed by atoms with Crippen molar-refractivity contribution in [1.82, 2.24) is 4.90 Å². The number of halogens is 1. The van der Waals surface area contributed by atoms with E-state index >= 15 is 0 Å². The standard InChI is InChI=1S/C16H22FNO3S2/c17-10-2-1-3-11(8-10)18-15(21)14(23-16(18)22)7-9-4-5-12(19)13(20)6-9/h7,9-13,19-20H,1-6,8H2/b14-7-. The largest absolute Gasteiger partial charge is 0.390 e. The molecule has 4 nitrogen and oxygen atoms in total. The molecule has 128 valence electrons. The maximum atomic E-state index is 13.6. The van der Waals surface area contributed by atoms with Gasteiger partial charge in [0.05, 0.1) is 17.1 Å². The van der Waals surface area contributed by atoms with Crippen LogP contribution in [0.3, 0.4) is 0 Å². The van der Waals surface area contributed by atoms with E-state index in [2.05, 4.69) is 0 Å². The van der Waals surface area contributed by atoms with Crippen LogP contribution < -0.4 is 0 Å². The van der Waals surface area contributed by atoms with Crippen molar-refractivity contribution in [3.63, 3.8) is 0 Å². The number of aliphatic hydroxyl groups excluding tert-OH is 2. The van der Waals surface area contributed by atoms with Gasteiger partial charge >= 0.3 is 0 Å². The third-order valence-corrected chi connectivity index (χ3v) is 6.33. The molecule has 5 unspecified atom stereocenters. The lowest BCUT2D eigenvalue weighted by atomic mass is 9.85. The number of alkyl halides is 1. The molecule has 2 N–H and O–H groups in total. The molecule has 0 aromatic rings. The zero-order valence-electron chi connectivity index (χ0n) is 12.9. The Kier molecular flexibility index (Phi) is 5.40. The summed E-state index contributed by atoms with van der Waals surface area (Å²) in [6.07, 6.45) is 3.90. The summed E-state index contributed by atoms with van der Waals surface area (Å²) in [6.45, 7) is 0. The van der Waals surface area contributed by atoms with Gasteiger partial charge < -0.3 is 10.2 Å². The smallest absolute Gasteiger partial charge is 0.266 e. The lowest BCUT2D eigenvalue weighted by molar-refractivity contribution is -0.124. The van der Waals surface area contributed by atoms with Crippen LogP contribution in [0.1, 0.15) is 44.9 Å². The molecule has 3 rings (SSSR count). The van der Waals surface area contributed by atoms with Crippen LogP contribution in [-0.4, -0.2) is 49.8 Å². The molecule has 0 radical (unpaired) electrons. The van der Waals surface area contributed by atoms with Crippen molar-refractivity contribution in [1.29, 1.82) is 0 Å². The second kappa shape index (κ2) is 7.17. The highest BCUT2D eigenvalue weighted by atomic mass is 32.2. The normalized spacial score (nSPS) is 40.9. The Labute approximate surface area is 145 Å². The molecule has 2 saturated carbocycles. The number of nitrogens with zero attached hydrogens (tertiary/aromatic N) is 1. The quantitative estimate of drug-likeness (QED) is 0.586. The van der Waals surface area contributed by atoms with Crippen molar-refractivity contribution in [3.05, 3.63) is 11.0 Å². The van der Waals surface area contributed by atoms with Crippen LogP contribution in [0, 0.1) is 5.92 Å². The lowest BCUT2D eigenvalue weighted by Crippen LogP contribution is -2.42. The first kappa shape index (κ1) is 17.3. The Morgan fingerprint density at radius 2 is 1.96 bits per heavy atom. The van der Waals surface area contributed by atoms with Gasteiger partial charge in [0.15, 0.2) is 0 Å². The van der Waals surface area contributed by atoms with E-state index < -0.39 is 18.4 Å². The number of carbonyl (C=O) groups is 1. The van der Waals surface area contributed by atoms with Gasteiger partial charge in [-0.3, -0.25) is 9.69 Å². The summed E-state index contributed by atoms with van der Waals surface area (Å²) in [4.78, 5) is 14.8. The Morgan fingerprint density at radius 1 is 1.17 bits per heavy atom. The molecular formula is C16H22FNO3S2. The summed E-state index contributed by atoms with van der Waals surface area (Å²) < 4.78 is 14.1. The van der Waals surface area contributed by atoms with Crippen molar-refractivity contribution < 1.29 is 19.4 Å². The Morgan fingerprint density at radius 3 is 2.65 bits per heavy atom. The van der Waals surface area contributed by atoms with Crippen LogP contribution in [0.25, 0.3) is 0 Å². The fraction of sp³-hybridized carbons (Fsp3) is 0.750. The van der Waals surface area contributed by atoms with Crippen LogP contribution in [0.4, 0.5) is 4.39 Å². The van der Waals surface area contributed by atoms with Gasteiger partial charge in [-0.2, -0.15) is 0 Å². The Hall–Kier alpha value is -0.500. The summed E-state index contributed by atoms with van der Waals surface area (Å²) in [5.41, 5.74) is 0. The summed E-state index contributed by atoms with van der Waals surface area (Å²) in [7, 11) is 0. The lowest BCUT2D eigenvalue weighted by Gasteiger charge is -2.31. The number of aliphatic hydroxyl groups is 2. The molecule has 3 aliphatic rings.